The molecule has 5 atom stereocenters. The molecule has 3 N–H and O–H groups in total. The highest BCUT2D eigenvalue weighted by Gasteiger charge is 2.62. The van der Waals surface area contributed by atoms with Gasteiger partial charge in [0.25, 0.3) is 11.9 Å². The minimum atomic E-state index is -3.90. The first-order valence-corrected chi connectivity index (χ1v) is 21.9. The molecule has 0 spiro atoms. The molecule has 1 aromatic carbocycles. The molecule has 1 saturated heterocycles. The molecule has 0 bridgehead atoms. The number of carbonyl (C=O) groups is 4. The summed E-state index contributed by atoms with van der Waals surface area (Å²) in [6.07, 6.45) is 8.57. The second-order valence-corrected chi connectivity index (χ2v) is 19.4. The van der Waals surface area contributed by atoms with E-state index in [-0.39, 0.29) is 25.4 Å². The van der Waals surface area contributed by atoms with Crippen molar-refractivity contribution in [1.29, 1.82) is 0 Å². The van der Waals surface area contributed by atoms with Gasteiger partial charge in [-0.25, -0.2) is 13.2 Å². The number of nitrogens with zero attached hydrogens (tertiary/aromatic N) is 4. The van der Waals surface area contributed by atoms with Crippen LogP contribution in [0.25, 0.3) is 21.5 Å². The fraction of sp³-hybridized carbons (Fsp3) is 0.590. The summed E-state index contributed by atoms with van der Waals surface area (Å²) in [4.78, 5) is 67.5. The first kappa shape index (κ1) is 39.7. The third kappa shape index (κ3) is 8.43. The molecule has 2 aliphatic carbocycles. The number of alkyl carbamates (subject to hydrolysis) is 1. The Morgan fingerprint density at radius 3 is 2.59 bits per heavy atom. The molecule has 0 radical (unpaired) electrons. The number of sulfonamides is 1. The average Bonchev–Trinajstić information content (AvgIpc) is 3.91. The van der Waals surface area contributed by atoms with Crippen molar-refractivity contribution in [3.63, 3.8) is 0 Å². The highest BCUT2D eigenvalue weighted by molar-refractivity contribution is 7.91. The first-order valence-electron chi connectivity index (χ1n) is 19.5. The molecule has 2 aromatic heterocycles. The SMILES string of the molecule is CC(C)n1c(O[C@@H]2C[C@H]3C(=O)N[C@]4(C(=O)NS(=O)(=O)C5CC5)C[C@H]4/C=C\CCCCC[C@H](NC(=O)OC(C)(C)C)C(=O)N3C2)nc2c(-c3cncs3)cccc21. The zero-order valence-corrected chi connectivity index (χ0v) is 34.1. The van der Waals surface area contributed by atoms with Crippen molar-refractivity contribution >= 4 is 56.2 Å². The van der Waals surface area contributed by atoms with E-state index in [0.29, 0.717) is 38.1 Å². The highest BCUT2D eigenvalue weighted by Crippen LogP contribution is 2.46. The maximum absolute atomic E-state index is 14.6. The van der Waals surface area contributed by atoms with Gasteiger partial charge >= 0.3 is 6.09 Å². The Morgan fingerprint density at radius 1 is 1.11 bits per heavy atom. The van der Waals surface area contributed by atoms with Crippen LogP contribution in [0.3, 0.4) is 0 Å². The van der Waals surface area contributed by atoms with E-state index in [1.807, 2.05) is 48.8 Å². The van der Waals surface area contributed by atoms with Gasteiger partial charge in [-0.05, 0) is 79.2 Å². The number of nitrogens with one attached hydrogen (secondary N) is 3. The van der Waals surface area contributed by atoms with Gasteiger partial charge in [0.1, 0.15) is 34.8 Å². The fourth-order valence-electron chi connectivity index (χ4n) is 7.67. The maximum atomic E-state index is 14.6. The molecule has 17 heteroatoms. The minimum Gasteiger partial charge on any atom is -0.459 e. The van der Waals surface area contributed by atoms with Crippen molar-refractivity contribution in [1.82, 2.24) is 34.8 Å². The highest BCUT2D eigenvalue weighted by atomic mass is 32.2. The number of thiazole rings is 1. The van der Waals surface area contributed by atoms with E-state index < -0.39 is 74.3 Å². The number of para-hydroxylation sites is 1. The predicted octanol–water partition coefficient (Wildman–Crippen LogP) is 4.99. The van der Waals surface area contributed by atoms with Crippen LogP contribution in [-0.4, -0.2) is 92.8 Å². The fourth-order valence-corrected chi connectivity index (χ4v) is 9.68. The quantitative estimate of drug-likeness (QED) is 0.262. The smallest absolute Gasteiger partial charge is 0.408 e. The number of hydrogen-bond donors (Lipinski definition) is 3. The molecule has 7 rings (SSSR count). The number of allylic oxidation sites excluding steroid dienone is 1. The summed E-state index contributed by atoms with van der Waals surface area (Å²) < 4.78 is 42.1. The van der Waals surface area contributed by atoms with E-state index >= 15 is 0 Å². The normalized spacial score (nSPS) is 26.7. The number of fused-ring (bicyclic) bond motifs is 3. The number of imidazole rings is 1. The summed E-state index contributed by atoms with van der Waals surface area (Å²) in [5.74, 6) is -2.31. The van der Waals surface area contributed by atoms with Gasteiger partial charge in [-0.15, -0.1) is 11.3 Å². The molecular weight excluding hydrogens is 759 g/mol. The molecule has 0 unspecified atom stereocenters. The molecule has 3 fully saturated rings. The number of amides is 4. The zero-order chi connectivity index (χ0) is 40.0. The van der Waals surface area contributed by atoms with Gasteiger partial charge in [-0.2, -0.15) is 4.98 Å². The Morgan fingerprint density at radius 2 is 1.89 bits per heavy atom. The van der Waals surface area contributed by atoms with E-state index in [9.17, 15) is 27.6 Å². The van der Waals surface area contributed by atoms with E-state index in [1.165, 1.54) is 16.2 Å². The Kier molecular flexibility index (Phi) is 11.0. The van der Waals surface area contributed by atoms with Crippen molar-refractivity contribution in [3.8, 4) is 16.5 Å². The number of rotatable bonds is 8. The van der Waals surface area contributed by atoms with Crippen LogP contribution in [0.15, 0.2) is 42.1 Å². The number of hydrogen-bond acceptors (Lipinski definition) is 11. The Balaban J connectivity index is 1.22. The van der Waals surface area contributed by atoms with Crippen LogP contribution in [0.2, 0.25) is 0 Å². The van der Waals surface area contributed by atoms with Gasteiger partial charge in [0.2, 0.25) is 21.8 Å². The Bertz CT molecular complexity index is 2120. The molecule has 4 heterocycles. The molecule has 56 heavy (non-hydrogen) atoms. The molecule has 4 amide bonds. The van der Waals surface area contributed by atoms with Crippen LogP contribution in [0.5, 0.6) is 6.01 Å². The third-order valence-electron chi connectivity index (χ3n) is 10.7. The Hall–Kier alpha value is -4.51. The van der Waals surface area contributed by atoms with Crippen LogP contribution in [-0.2, 0) is 29.1 Å². The molecule has 2 aliphatic heterocycles. The summed E-state index contributed by atoms with van der Waals surface area (Å²) >= 11 is 1.50. The van der Waals surface area contributed by atoms with Crippen LogP contribution in [0.1, 0.15) is 98.4 Å². The topological polar surface area (TPSA) is 191 Å². The largest absolute Gasteiger partial charge is 0.459 e. The van der Waals surface area contributed by atoms with Crippen molar-refractivity contribution < 1.29 is 37.1 Å². The van der Waals surface area contributed by atoms with Gasteiger partial charge in [-0.3, -0.25) is 28.7 Å². The van der Waals surface area contributed by atoms with Crippen molar-refractivity contribution in [2.75, 3.05) is 6.54 Å². The average molecular weight is 810 g/mol. The van der Waals surface area contributed by atoms with Crippen LogP contribution >= 0.6 is 11.3 Å². The van der Waals surface area contributed by atoms with Crippen LogP contribution in [0, 0.1) is 5.92 Å². The number of benzene rings is 1. The molecule has 4 aliphatic rings. The van der Waals surface area contributed by atoms with Gasteiger partial charge in [0.15, 0.2) is 0 Å². The molecular formula is C39H51N7O8S2. The van der Waals surface area contributed by atoms with Crippen molar-refractivity contribution in [2.45, 2.75) is 133 Å². The minimum absolute atomic E-state index is 0.00892. The summed E-state index contributed by atoms with van der Waals surface area (Å²) in [5.41, 5.74) is 1.93. The van der Waals surface area contributed by atoms with Crippen molar-refractivity contribution in [2.24, 2.45) is 5.92 Å². The second-order valence-electron chi connectivity index (χ2n) is 16.6. The summed E-state index contributed by atoms with van der Waals surface area (Å²) in [5, 5.41) is 5.04. The van der Waals surface area contributed by atoms with E-state index in [4.69, 9.17) is 14.5 Å². The monoisotopic (exact) mass is 809 g/mol. The summed E-state index contributed by atoms with van der Waals surface area (Å²) in [6.45, 7) is 9.23. The second kappa shape index (κ2) is 15.4. The Labute approximate surface area is 331 Å². The lowest BCUT2D eigenvalue weighted by Crippen LogP contribution is -2.58. The third-order valence-corrected chi connectivity index (χ3v) is 13.3. The molecule has 15 nitrogen and oxygen atoms in total. The number of ether oxygens (including phenoxy) is 2. The molecule has 3 aromatic rings. The van der Waals surface area contributed by atoms with E-state index in [2.05, 4.69) is 20.3 Å². The standard InChI is InChI=1S/C39H51N7O8S2/c1-23(2)46-29-15-11-13-27(31-20-40-22-55-31)32(29)42-36(46)53-25-18-30-33(47)43-39(35(49)44-56(51,52)26-16-17-26)19-24(39)12-9-7-6-8-10-14-28(34(48)45(30)21-25)41-37(50)54-38(3,4)5/h9,11-13,15,20,22-26,28,30H,6-8,10,14,16-19,21H2,1-5H3,(H,41,50)(H,43,47)(H,44,49)/b12-9-/t24-,25-,28+,30+,39-/m1/s1. The number of carbonyl (C=O) groups excluding carboxylic acids is 4. The van der Waals surface area contributed by atoms with Crippen molar-refractivity contribution in [3.05, 3.63) is 42.1 Å². The summed E-state index contributed by atoms with van der Waals surface area (Å²) in [7, 11) is -3.90. The molecule has 2 saturated carbocycles. The van der Waals surface area contributed by atoms with Gasteiger partial charge in [0.05, 0.1) is 27.7 Å². The zero-order valence-electron chi connectivity index (χ0n) is 32.4. The van der Waals surface area contributed by atoms with Gasteiger partial charge in [-0.1, -0.05) is 37.1 Å². The number of aromatic nitrogens is 3. The van der Waals surface area contributed by atoms with Gasteiger partial charge in [0, 0.05) is 30.1 Å². The predicted molar refractivity (Wildman–Crippen MR) is 210 cm³/mol. The first-order chi connectivity index (χ1) is 26.6. The van der Waals surface area contributed by atoms with Gasteiger partial charge < -0.3 is 25.0 Å². The lowest BCUT2D eigenvalue weighted by Gasteiger charge is -2.30. The lowest BCUT2D eigenvalue weighted by atomic mass is 10.0. The summed E-state index contributed by atoms with van der Waals surface area (Å²) in [6, 6.07) is 4.05. The van der Waals surface area contributed by atoms with E-state index in [0.717, 1.165) is 34.3 Å². The lowest BCUT2D eigenvalue weighted by molar-refractivity contribution is -0.141. The van der Waals surface area contributed by atoms with E-state index in [1.54, 1.807) is 32.5 Å². The van der Waals surface area contributed by atoms with Crippen LogP contribution < -0.4 is 20.1 Å². The van der Waals surface area contributed by atoms with Crippen LogP contribution in [0.4, 0.5) is 4.79 Å². The maximum Gasteiger partial charge on any atom is 0.408 e. The molecule has 302 valence electrons.